The minimum atomic E-state index is -3.42. The third-order valence-corrected chi connectivity index (χ3v) is 2.87. The lowest BCUT2D eigenvalue weighted by Gasteiger charge is -2.03. The third-order valence-electron chi connectivity index (χ3n) is 1.71. The lowest BCUT2D eigenvalue weighted by Crippen LogP contribution is -2.10. The number of amides is 1. The fraction of sp³-hybridized carbons (Fsp3) is 0.222. The molecule has 1 heterocycles. The summed E-state index contributed by atoms with van der Waals surface area (Å²) in [5, 5.41) is -0.0747. The summed E-state index contributed by atoms with van der Waals surface area (Å²) in [4.78, 5) is 14.2. The van der Waals surface area contributed by atoms with Gasteiger partial charge in [0.15, 0.2) is 14.9 Å². The van der Waals surface area contributed by atoms with Crippen LogP contribution in [0.1, 0.15) is 12.0 Å². The Kier molecular flexibility index (Phi) is 3.88. The van der Waals surface area contributed by atoms with Crippen LogP contribution in [0.4, 0.5) is 0 Å². The molecule has 2 N–H and O–H groups in total. The van der Waals surface area contributed by atoms with E-state index in [1.807, 2.05) is 0 Å². The van der Waals surface area contributed by atoms with Crippen molar-refractivity contribution in [3.05, 3.63) is 29.3 Å². The number of rotatable bonds is 4. The second-order valence-electron chi connectivity index (χ2n) is 3.21. The van der Waals surface area contributed by atoms with Crippen LogP contribution >= 0.6 is 11.6 Å². The lowest BCUT2D eigenvalue weighted by atomic mass is 10.1. The van der Waals surface area contributed by atoms with E-state index in [0.717, 1.165) is 6.26 Å². The summed E-state index contributed by atoms with van der Waals surface area (Å²) in [5.41, 5.74) is 5.46. The number of primary amides is 1. The van der Waals surface area contributed by atoms with E-state index >= 15 is 0 Å². The zero-order valence-corrected chi connectivity index (χ0v) is 10.0. The number of halogens is 1. The molecule has 1 aromatic heterocycles. The Hall–Kier alpha value is -1.14. The van der Waals surface area contributed by atoms with E-state index in [2.05, 4.69) is 4.98 Å². The first-order valence-electron chi connectivity index (χ1n) is 4.28. The first-order chi connectivity index (χ1) is 7.29. The molecule has 0 spiro atoms. The minimum absolute atomic E-state index is 0.0174. The van der Waals surface area contributed by atoms with Gasteiger partial charge < -0.3 is 5.73 Å². The summed E-state index contributed by atoms with van der Waals surface area (Å²) in [6, 6.07) is 2.79. The van der Waals surface area contributed by atoms with Crippen molar-refractivity contribution in [2.24, 2.45) is 5.73 Å². The second kappa shape index (κ2) is 4.80. The van der Waals surface area contributed by atoms with Crippen LogP contribution in [-0.4, -0.2) is 25.6 Å². The number of nitrogens with two attached hydrogens (primary N) is 1. The highest BCUT2D eigenvalue weighted by Gasteiger charge is 2.11. The van der Waals surface area contributed by atoms with Gasteiger partial charge in [-0.05, 0) is 17.7 Å². The Labute approximate surface area is 98.5 Å². The second-order valence-corrected chi connectivity index (χ2v) is 5.56. The smallest absolute Gasteiger partial charge is 0.218 e. The maximum atomic E-state index is 11.2. The van der Waals surface area contributed by atoms with Crippen LogP contribution in [-0.2, 0) is 14.6 Å². The molecule has 0 unspecified atom stereocenters. The molecule has 0 atom stereocenters. The fourth-order valence-electron chi connectivity index (χ4n) is 1.02. The van der Waals surface area contributed by atoms with Gasteiger partial charge in [-0.15, -0.1) is 0 Å². The number of sulfone groups is 1. The summed E-state index contributed by atoms with van der Waals surface area (Å²) in [6.45, 7) is 0. The minimum Gasteiger partial charge on any atom is -0.370 e. The van der Waals surface area contributed by atoms with Crippen molar-refractivity contribution in [3.63, 3.8) is 0 Å². The molecule has 0 bridgehead atoms. The van der Waals surface area contributed by atoms with Crippen LogP contribution < -0.4 is 5.73 Å². The first kappa shape index (κ1) is 12.9. The SMILES string of the molecule is CS(=O)(=O)c1cc([CH]CC(N)=O)cc(Cl)n1. The summed E-state index contributed by atoms with van der Waals surface area (Å²) >= 11 is 5.66. The standard InChI is InChI=1S/C9H10ClN2O3S/c1-16(14,15)9-5-6(2-3-8(11)13)4-7(10)12-9/h2,4-5H,3H2,1H3,(H2,11,13). The zero-order chi connectivity index (χ0) is 12.3. The van der Waals surface area contributed by atoms with Crippen LogP contribution in [0.3, 0.4) is 0 Å². The number of carbonyl (C=O) groups is 1. The van der Waals surface area contributed by atoms with Gasteiger partial charge in [-0.25, -0.2) is 13.4 Å². The Morgan fingerprint density at radius 1 is 1.56 bits per heavy atom. The van der Waals surface area contributed by atoms with Gasteiger partial charge in [-0.2, -0.15) is 0 Å². The van der Waals surface area contributed by atoms with Crippen molar-refractivity contribution < 1.29 is 13.2 Å². The van der Waals surface area contributed by atoms with Crippen LogP contribution in [0.25, 0.3) is 0 Å². The molecule has 0 saturated heterocycles. The number of pyridine rings is 1. The monoisotopic (exact) mass is 261 g/mol. The van der Waals surface area contributed by atoms with E-state index < -0.39 is 15.7 Å². The van der Waals surface area contributed by atoms with Crippen LogP contribution in [0.2, 0.25) is 5.15 Å². The molecular formula is C9H10ClN2O3S. The van der Waals surface area contributed by atoms with Gasteiger partial charge in [0.1, 0.15) is 5.15 Å². The van der Waals surface area contributed by atoms with Crippen LogP contribution in [0.15, 0.2) is 17.2 Å². The molecule has 0 aliphatic carbocycles. The van der Waals surface area contributed by atoms with E-state index in [1.165, 1.54) is 18.6 Å². The number of carbonyl (C=O) groups excluding carboxylic acids is 1. The Morgan fingerprint density at radius 3 is 2.69 bits per heavy atom. The number of aromatic nitrogens is 1. The predicted molar refractivity (Wildman–Crippen MR) is 59.6 cm³/mol. The maximum Gasteiger partial charge on any atom is 0.218 e. The van der Waals surface area contributed by atoms with E-state index in [9.17, 15) is 13.2 Å². The van der Waals surface area contributed by atoms with Crippen molar-refractivity contribution in [2.75, 3.05) is 6.26 Å². The van der Waals surface area contributed by atoms with Crippen molar-refractivity contribution in [1.82, 2.24) is 4.98 Å². The number of hydrogen-bond donors (Lipinski definition) is 1. The molecule has 1 aromatic rings. The van der Waals surface area contributed by atoms with Gasteiger partial charge in [0.2, 0.25) is 5.91 Å². The van der Waals surface area contributed by atoms with Crippen molar-refractivity contribution in [2.45, 2.75) is 11.4 Å². The van der Waals surface area contributed by atoms with Gasteiger partial charge in [-0.1, -0.05) is 11.6 Å². The Morgan fingerprint density at radius 2 is 2.19 bits per heavy atom. The average Bonchev–Trinajstić information content (AvgIpc) is 2.12. The summed E-state index contributed by atoms with van der Waals surface area (Å²) in [5.74, 6) is -0.506. The Balaban J connectivity index is 3.04. The highest BCUT2D eigenvalue weighted by atomic mass is 35.5. The average molecular weight is 262 g/mol. The molecule has 0 aromatic carbocycles. The molecule has 87 valence electrons. The molecule has 7 heteroatoms. The predicted octanol–water partition coefficient (Wildman–Crippen LogP) is 0.566. The normalized spacial score (nSPS) is 11.4. The number of nitrogens with zero attached hydrogens (tertiary/aromatic N) is 1. The van der Waals surface area contributed by atoms with Gasteiger partial charge in [0, 0.05) is 19.1 Å². The highest BCUT2D eigenvalue weighted by Crippen LogP contribution is 2.16. The van der Waals surface area contributed by atoms with Gasteiger partial charge in [-0.3, -0.25) is 4.79 Å². The van der Waals surface area contributed by atoms with Gasteiger partial charge >= 0.3 is 0 Å². The topological polar surface area (TPSA) is 90.1 Å². The van der Waals surface area contributed by atoms with Crippen molar-refractivity contribution in [3.8, 4) is 0 Å². The van der Waals surface area contributed by atoms with E-state index in [4.69, 9.17) is 17.3 Å². The quantitative estimate of drug-likeness (QED) is 0.802. The number of hydrogen-bond acceptors (Lipinski definition) is 4. The summed E-state index contributed by atoms with van der Waals surface area (Å²) in [6.07, 6.45) is 2.54. The van der Waals surface area contributed by atoms with Gasteiger partial charge in [0.05, 0.1) is 0 Å². The molecule has 0 fully saturated rings. The van der Waals surface area contributed by atoms with Gasteiger partial charge in [0.25, 0.3) is 0 Å². The molecular weight excluding hydrogens is 252 g/mol. The lowest BCUT2D eigenvalue weighted by molar-refractivity contribution is -0.117. The molecule has 1 radical (unpaired) electrons. The fourth-order valence-corrected chi connectivity index (χ4v) is 1.90. The molecule has 16 heavy (non-hydrogen) atoms. The molecule has 0 saturated carbocycles. The van der Waals surface area contributed by atoms with Crippen LogP contribution in [0, 0.1) is 6.42 Å². The molecule has 1 rings (SSSR count). The van der Waals surface area contributed by atoms with E-state index in [1.54, 1.807) is 0 Å². The molecule has 0 aliphatic rings. The van der Waals surface area contributed by atoms with Crippen molar-refractivity contribution >= 4 is 27.3 Å². The largest absolute Gasteiger partial charge is 0.370 e. The maximum absolute atomic E-state index is 11.2. The Bertz CT molecular complexity index is 513. The van der Waals surface area contributed by atoms with E-state index in [0.29, 0.717) is 5.56 Å². The highest BCUT2D eigenvalue weighted by molar-refractivity contribution is 7.90. The van der Waals surface area contributed by atoms with Crippen molar-refractivity contribution in [1.29, 1.82) is 0 Å². The summed E-state index contributed by atoms with van der Waals surface area (Å²) in [7, 11) is -3.42. The van der Waals surface area contributed by atoms with E-state index in [-0.39, 0.29) is 16.6 Å². The van der Waals surface area contributed by atoms with Crippen LogP contribution in [0.5, 0.6) is 0 Å². The zero-order valence-electron chi connectivity index (χ0n) is 8.47. The first-order valence-corrected chi connectivity index (χ1v) is 6.55. The third kappa shape index (κ3) is 3.79. The molecule has 1 amide bonds. The molecule has 0 aliphatic heterocycles. The summed E-state index contributed by atoms with van der Waals surface area (Å²) < 4.78 is 22.5. The molecule has 5 nitrogen and oxygen atoms in total.